The topological polar surface area (TPSA) is 74.9 Å². The Balaban J connectivity index is 1.95. The third kappa shape index (κ3) is 6.51. The van der Waals surface area contributed by atoms with E-state index in [0.717, 1.165) is 0 Å². The Hall–Kier alpha value is -1.19. The van der Waals surface area contributed by atoms with Gasteiger partial charge in [-0.15, -0.1) is 0 Å². The van der Waals surface area contributed by atoms with Gasteiger partial charge >= 0.3 is 6.03 Å². The van der Waals surface area contributed by atoms with Crippen molar-refractivity contribution in [1.29, 1.82) is 0 Å². The lowest BCUT2D eigenvalue weighted by atomic mass is 10.3. The molecule has 3 N–H and O–H groups in total. The van der Waals surface area contributed by atoms with Crippen LogP contribution in [0.5, 0.6) is 5.75 Å². The van der Waals surface area contributed by atoms with E-state index in [1.54, 1.807) is 36.3 Å². The largest absolute Gasteiger partial charge is 0.497 e. The molecule has 0 radical (unpaired) electrons. The van der Waals surface area contributed by atoms with Gasteiger partial charge in [0.25, 0.3) is 0 Å². The fourth-order valence-corrected chi connectivity index (χ4v) is 2.72. The Morgan fingerprint density at radius 2 is 1.85 bits per heavy atom. The van der Waals surface area contributed by atoms with Crippen molar-refractivity contribution in [2.24, 2.45) is 0 Å². The number of alkyl halides is 3. The van der Waals surface area contributed by atoms with Crippen LogP contribution in [0, 0.1) is 0 Å². The van der Waals surface area contributed by atoms with Crippen LogP contribution in [0.4, 0.5) is 10.5 Å². The molecular formula is C15H19Cl3N4O3S. The summed E-state index contributed by atoms with van der Waals surface area (Å²) >= 11 is 23.2. The molecule has 1 aromatic carbocycles. The fourth-order valence-electron chi connectivity index (χ4n) is 2.15. The average Bonchev–Trinajstić information content (AvgIpc) is 2.61. The Morgan fingerprint density at radius 3 is 2.38 bits per heavy atom. The normalized spacial score (nSPS) is 15.8. The van der Waals surface area contributed by atoms with Crippen LogP contribution in [0.2, 0.25) is 0 Å². The van der Waals surface area contributed by atoms with Crippen molar-refractivity contribution in [1.82, 2.24) is 15.5 Å². The first-order chi connectivity index (χ1) is 12.3. The van der Waals surface area contributed by atoms with Gasteiger partial charge in [-0.1, -0.05) is 34.8 Å². The number of amides is 2. The lowest BCUT2D eigenvalue weighted by molar-refractivity contribution is 0.0524. The first-order valence-corrected chi connectivity index (χ1v) is 9.25. The molecule has 0 aromatic heterocycles. The van der Waals surface area contributed by atoms with E-state index >= 15 is 0 Å². The highest BCUT2D eigenvalue weighted by molar-refractivity contribution is 7.80. The predicted octanol–water partition coefficient (Wildman–Crippen LogP) is 2.72. The van der Waals surface area contributed by atoms with Crippen LogP contribution < -0.4 is 20.7 Å². The molecule has 1 heterocycles. The predicted molar refractivity (Wildman–Crippen MR) is 107 cm³/mol. The number of hydrogen-bond donors (Lipinski definition) is 3. The number of urea groups is 1. The van der Waals surface area contributed by atoms with Crippen LogP contribution in [0.25, 0.3) is 0 Å². The smallest absolute Gasteiger partial charge is 0.319 e. The van der Waals surface area contributed by atoms with Gasteiger partial charge in [-0.05, 0) is 36.5 Å². The van der Waals surface area contributed by atoms with Gasteiger partial charge < -0.3 is 30.3 Å². The number of thiocarbonyl (C=S) groups is 1. The van der Waals surface area contributed by atoms with Gasteiger partial charge in [-0.2, -0.15) is 0 Å². The van der Waals surface area contributed by atoms with Gasteiger partial charge in [-0.25, -0.2) is 4.79 Å². The van der Waals surface area contributed by atoms with Crippen molar-refractivity contribution in [3.05, 3.63) is 24.3 Å². The molecule has 1 aliphatic heterocycles. The highest BCUT2D eigenvalue weighted by Gasteiger charge is 2.35. The van der Waals surface area contributed by atoms with Crippen LogP contribution in [-0.2, 0) is 4.74 Å². The van der Waals surface area contributed by atoms with Crippen LogP contribution in [0.15, 0.2) is 24.3 Å². The minimum absolute atomic E-state index is 0.189. The molecule has 11 heteroatoms. The molecule has 1 atom stereocenters. The summed E-state index contributed by atoms with van der Waals surface area (Å²) in [4.78, 5) is 13.9. The second-order valence-corrected chi connectivity index (χ2v) is 8.13. The van der Waals surface area contributed by atoms with Crippen molar-refractivity contribution in [2.45, 2.75) is 9.96 Å². The standard InChI is InChI=1S/C15H19Cl3N4O3S/c1-24-11-4-2-10(3-5-11)19-13(26)20-12(15(16,17)18)21-14(23)22-6-8-25-9-7-22/h2-5,12H,6-9H2,1H3,(H,21,23)(H2,19,20,26)/t12-/m0/s1. The second kappa shape index (κ2) is 9.66. The number of benzene rings is 1. The number of methoxy groups -OCH3 is 1. The maximum atomic E-state index is 12.3. The molecule has 0 saturated carbocycles. The van der Waals surface area contributed by atoms with E-state index in [0.29, 0.717) is 37.7 Å². The zero-order chi connectivity index (χ0) is 19.2. The third-order valence-corrected chi connectivity index (χ3v) is 4.39. The average molecular weight is 442 g/mol. The van der Waals surface area contributed by atoms with Crippen LogP contribution >= 0.6 is 47.0 Å². The Bertz CT molecular complexity index is 622. The van der Waals surface area contributed by atoms with Gasteiger partial charge in [0, 0.05) is 18.8 Å². The Kier molecular flexibility index (Phi) is 7.85. The molecule has 7 nitrogen and oxygen atoms in total. The number of carbonyl (C=O) groups excluding carboxylic acids is 1. The van der Waals surface area contributed by atoms with E-state index < -0.39 is 9.96 Å². The van der Waals surface area contributed by atoms with Crippen molar-refractivity contribution in [3.63, 3.8) is 0 Å². The van der Waals surface area contributed by atoms with Crippen molar-refractivity contribution in [3.8, 4) is 5.75 Å². The fraction of sp³-hybridized carbons (Fsp3) is 0.467. The number of hydrogen-bond acceptors (Lipinski definition) is 4. The maximum absolute atomic E-state index is 12.3. The summed E-state index contributed by atoms with van der Waals surface area (Å²) in [7, 11) is 1.58. The molecule has 26 heavy (non-hydrogen) atoms. The molecule has 144 valence electrons. The SMILES string of the molecule is COc1ccc(NC(=S)N[C@@H](NC(=O)N2CCOCC2)C(Cl)(Cl)Cl)cc1. The highest BCUT2D eigenvalue weighted by Crippen LogP contribution is 2.29. The van der Waals surface area contributed by atoms with E-state index in [9.17, 15) is 4.79 Å². The van der Waals surface area contributed by atoms with Crippen molar-refractivity contribution in [2.75, 3.05) is 38.7 Å². The summed E-state index contributed by atoms with van der Waals surface area (Å²) in [6.07, 6.45) is -1.03. The molecule has 0 bridgehead atoms. The van der Waals surface area contributed by atoms with Crippen LogP contribution in [-0.4, -0.2) is 59.4 Å². The maximum Gasteiger partial charge on any atom is 0.319 e. The Labute approximate surface area is 172 Å². The number of halogens is 3. The first kappa shape index (κ1) is 21.1. The number of morpholine rings is 1. The van der Waals surface area contributed by atoms with Crippen LogP contribution in [0.1, 0.15) is 0 Å². The van der Waals surface area contributed by atoms with Gasteiger partial charge in [0.2, 0.25) is 3.79 Å². The summed E-state index contributed by atoms with van der Waals surface area (Å²) in [5, 5.41) is 8.59. The van der Waals surface area contributed by atoms with Gasteiger partial charge in [0.1, 0.15) is 5.75 Å². The number of anilines is 1. The molecule has 1 aromatic rings. The van der Waals surface area contributed by atoms with E-state index in [1.807, 2.05) is 0 Å². The van der Waals surface area contributed by atoms with Gasteiger partial charge in [-0.3, -0.25) is 0 Å². The number of nitrogens with one attached hydrogen (secondary N) is 3. The summed E-state index contributed by atoms with van der Waals surface area (Å²) in [6, 6.07) is 6.74. The number of carbonyl (C=O) groups is 1. The van der Waals surface area contributed by atoms with E-state index in [4.69, 9.17) is 56.5 Å². The second-order valence-electron chi connectivity index (χ2n) is 5.35. The van der Waals surface area contributed by atoms with Crippen molar-refractivity contribution >= 4 is 63.9 Å². The quantitative estimate of drug-likeness (QED) is 0.379. The molecular weight excluding hydrogens is 423 g/mol. The zero-order valence-electron chi connectivity index (χ0n) is 13.9. The molecule has 0 unspecified atom stereocenters. The van der Waals surface area contributed by atoms with Crippen LogP contribution in [0.3, 0.4) is 0 Å². The summed E-state index contributed by atoms with van der Waals surface area (Å²) < 4.78 is 8.50. The Morgan fingerprint density at radius 1 is 1.23 bits per heavy atom. The van der Waals surface area contributed by atoms with Gasteiger partial charge in [0.15, 0.2) is 11.3 Å². The molecule has 2 rings (SSSR count). The molecule has 0 aliphatic carbocycles. The first-order valence-electron chi connectivity index (χ1n) is 7.71. The number of ether oxygens (including phenoxy) is 2. The summed E-state index contributed by atoms with van der Waals surface area (Å²) in [6.45, 7) is 1.87. The molecule has 2 amide bonds. The lowest BCUT2D eigenvalue weighted by Gasteiger charge is -2.32. The molecule has 1 aliphatic rings. The highest BCUT2D eigenvalue weighted by atomic mass is 35.6. The minimum atomic E-state index is -1.81. The summed E-state index contributed by atoms with van der Waals surface area (Å²) in [5.41, 5.74) is 0.714. The summed E-state index contributed by atoms with van der Waals surface area (Å²) in [5.74, 6) is 0.714. The number of nitrogens with zero attached hydrogens (tertiary/aromatic N) is 1. The zero-order valence-corrected chi connectivity index (χ0v) is 17.0. The minimum Gasteiger partial charge on any atom is -0.497 e. The van der Waals surface area contributed by atoms with E-state index in [1.165, 1.54) is 0 Å². The molecule has 1 fully saturated rings. The monoisotopic (exact) mass is 440 g/mol. The van der Waals surface area contributed by atoms with Crippen molar-refractivity contribution < 1.29 is 14.3 Å². The lowest BCUT2D eigenvalue weighted by Crippen LogP contribution is -2.59. The van der Waals surface area contributed by atoms with E-state index in [-0.39, 0.29) is 11.1 Å². The third-order valence-electron chi connectivity index (χ3n) is 3.52. The molecule has 0 spiro atoms. The molecule has 1 saturated heterocycles. The van der Waals surface area contributed by atoms with Gasteiger partial charge in [0.05, 0.1) is 20.3 Å². The number of rotatable bonds is 4. The van der Waals surface area contributed by atoms with E-state index in [2.05, 4.69) is 16.0 Å².